The number of carbonyl (C=O) groups excluding carboxylic acids is 3. The van der Waals surface area contributed by atoms with Crippen molar-refractivity contribution in [1.82, 2.24) is 10.3 Å². The first-order valence-corrected chi connectivity index (χ1v) is 15.9. The van der Waals surface area contributed by atoms with Gasteiger partial charge in [-0.05, 0) is 84.8 Å². The predicted octanol–water partition coefficient (Wildman–Crippen LogP) is 7.84. The Morgan fingerprint density at radius 1 is 0.830 bits per heavy atom. The van der Waals surface area contributed by atoms with Gasteiger partial charge < -0.3 is 20.7 Å². The molecule has 5 rings (SSSR count). The van der Waals surface area contributed by atoms with Crippen molar-refractivity contribution in [2.75, 3.05) is 10.6 Å². The first-order valence-electron chi connectivity index (χ1n) is 14.7. The molecule has 1 aromatic heterocycles. The maximum absolute atomic E-state index is 13.5. The Labute approximate surface area is 282 Å². The number of ether oxygens (including phenoxy) is 1. The Morgan fingerprint density at radius 2 is 1.51 bits per heavy atom. The molecule has 0 aliphatic carbocycles. The molecule has 236 valence electrons. The summed E-state index contributed by atoms with van der Waals surface area (Å²) in [6.07, 6.45) is 3.08. The lowest BCUT2D eigenvalue weighted by Crippen LogP contribution is -2.30. The first kappa shape index (κ1) is 33.0. The molecule has 0 spiro atoms. The van der Waals surface area contributed by atoms with E-state index in [0.29, 0.717) is 40.0 Å². The average molecular weight is 663 g/mol. The van der Waals surface area contributed by atoms with Crippen molar-refractivity contribution in [2.45, 2.75) is 23.7 Å². The van der Waals surface area contributed by atoms with Crippen LogP contribution in [0.2, 0.25) is 5.02 Å². The van der Waals surface area contributed by atoms with Crippen LogP contribution in [0.3, 0.4) is 0 Å². The van der Waals surface area contributed by atoms with E-state index in [9.17, 15) is 14.4 Å². The maximum Gasteiger partial charge on any atom is 0.272 e. The molecule has 0 saturated carbocycles. The van der Waals surface area contributed by atoms with Gasteiger partial charge in [0.25, 0.3) is 11.8 Å². The molecule has 0 bridgehead atoms. The van der Waals surface area contributed by atoms with Gasteiger partial charge in [0.2, 0.25) is 5.91 Å². The van der Waals surface area contributed by atoms with E-state index >= 15 is 0 Å². The number of thioether (sulfide) groups is 1. The fraction of sp³-hybridized carbons (Fsp3) is 0.0811. The second-order valence-electron chi connectivity index (χ2n) is 10.3. The number of nitrogens with one attached hydrogen (secondary N) is 3. The molecule has 0 radical (unpaired) electrons. The van der Waals surface area contributed by atoms with E-state index in [1.165, 1.54) is 18.0 Å². The molecule has 5 aromatic rings. The summed E-state index contributed by atoms with van der Waals surface area (Å²) in [4.78, 5) is 44.0. The van der Waals surface area contributed by atoms with Gasteiger partial charge >= 0.3 is 0 Å². The Hall–Kier alpha value is -5.38. The van der Waals surface area contributed by atoms with Gasteiger partial charge in [0.1, 0.15) is 23.9 Å². The molecular weight excluding hydrogens is 632 g/mol. The summed E-state index contributed by atoms with van der Waals surface area (Å²) in [7, 11) is 0. The highest BCUT2D eigenvalue weighted by Crippen LogP contribution is 2.26. The molecule has 0 aliphatic heterocycles. The van der Waals surface area contributed by atoms with E-state index in [4.69, 9.17) is 16.3 Å². The zero-order chi connectivity index (χ0) is 33.0. The molecule has 1 unspecified atom stereocenters. The molecule has 3 amide bonds. The van der Waals surface area contributed by atoms with Crippen LogP contribution in [-0.2, 0) is 16.2 Å². The normalized spacial score (nSPS) is 11.7. The van der Waals surface area contributed by atoms with E-state index in [1.54, 1.807) is 61.5 Å². The number of halogens is 1. The minimum Gasteiger partial charge on any atom is -0.489 e. The topological polar surface area (TPSA) is 109 Å². The molecule has 0 saturated heterocycles. The van der Waals surface area contributed by atoms with Gasteiger partial charge in [0, 0.05) is 22.3 Å². The number of pyridine rings is 1. The fourth-order valence-electron chi connectivity index (χ4n) is 4.26. The number of aromatic nitrogens is 1. The highest BCUT2D eigenvalue weighted by Gasteiger charge is 2.17. The maximum atomic E-state index is 13.5. The Bertz CT molecular complexity index is 1830. The van der Waals surface area contributed by atoms with Gasteiger partial charge in [0.05, 0.1) is 10.3 Å². The number of rotatable bonds is 12. The summed E-state index contributed by atoms with van der Waals surface area (Å²) in [5.74, 6) is -0.0240. The summed E-state index contributed by atoms with van der Waals surface area (Å²) in [6, 6.07) is 36.2. The molecule has 47 heavy (non-hydrogen) atoms. The number of benzene rings is 4. The van der Waals surface area contributed by atoms with Crippen molar-refractivity contribution >= 4 is 58.7 Å². The third kappa shape index (κ3) is 10.1. The van der Waals surface area contributed by atoms with Crippen molar-refractivity contribution in [3.05, 3.63) is 155 Å². The molecule has 10 heteroatoms. The van der Waals surface area contributed by atoms with Gasteiger partial charge in [-0.25, -0.2) is 4.98 Å². The smallest absolute Gasteiger partial charge is 0.272 e. The number of amides is 3. The predicted molar refractivity (Wildman–Crippen MR) is 187 cm³/mol. The zero-order valence-corrected chi connectivity index (χ0v) is 26.9. The third-order valence-electron chi connectivity index (χ3n) is 6.74. The monoisotopic (exact) mass is 662 g/mol. The van der Waals surface area contributed by atoms with Gasteiger partial charge in [-0.3, -0.25) is 14.4 Å². The molecule has 0 aliphatic rings. The number of nitrogens with zero attached hydrogens (tertiary/aromatic N) is 1. The van der Waals surface area contributed by atoms with Crippen LogP contribution in [0.1, 0.15) is 28.4 Å². The molecule has 8 nitrogen and oxygen atoms in total. The third-order valence-corrected chi connectivity index (χ3v) is 8.08. The highest BCUT2D eigenvalue weighted by molar-refractivity contribution is 8.00. The van der Waals surface area contributed by atoms with Gasteiger partial charge in [0.15, 0.2) is 0 Å². The fourth-order valence-corrected chi connectivity index (χ4v) is 5.24. The zero-order valence-electron chi connectivity index (χ0n) is 25.4. The average Bonchev–Trinajstić information content (AvgIpc) is 3.10. The first-order chi connectivity index (χ1) is 22.8. The van der Waals surface area contributed by atoms with Crippen molar-refractivity contribution < 1.29 is 19.1 Å². The van der Waals surface area contributed by atoms with Crippen LogP contribution in [0.4, 0.5) is 11.5 Å². The number of anilines is 2. The van der Waals surface area contributed by atoms with Crippen molar-refractivity contribution in [3.63, 3.8) is 0 Å². The number of carbonyl (C=O) groups is 3. The van der Waals surface area contributed by atoms with Crippen molar-refractivity contribution in [2.24, 2.45) is 0 Å². The lowest BCUT2D eigenvalue weighted by Gasteiger charge is -2.13. The second kappa shape index (κ2) is 16.3. The SMILES string of the molecule is CC(Sc1ccc(NC(=O)/C(=C/c2ccc(OCc3ccccc3)cc2)NC(=O)c2ccccc2)cc1)C(=O)Nc1ccc(Cl)cn1. The molecule has 1 atom stereocenters. The van der Waals surface area contributed by atoms with Crippen LogP contribution < -0.4 is 20.7 Å². The lowest BCUT2D eigenvalue weighted by molar-refractivity contribution is -0.115. The van der Waals surface area contributed by atoms with Gasteiger partial charge in [-0.2, -0.15) is 0 Å². The van der Waals surface area contributed by atoms with Crippen LogP contribution in [0.25, 0.3) is 6.08 Å². The van der Waals surface area contributed by atoms with E-state index in [2.05, 4.69) is 20.9 Å². The Morgan fingerprint density at radius 3 is 2.17 bits per heavy atom. The van der Waals surface area contributed by atoms with E-state index in [1.807, 2.05) is 72.8 Å². The summed E-state index contributed by atoms with van der Waals surface area (Å²) in [5, 5.41) is 8.45. The van der Waals surface area contributed by atoms with Crippen molar-refractivity contribution in [3.8, 4) is 5.75 Å². The van der Waals surface area contributed by atoms with Crippen LogP contribution >= 0.6 is 23.4 Å². The molecular formula is C37H31ClN4O4S. The minimum absolute atomic E-state index is 0.0661. The van der Waals surface area contributed by atoms with Crippen LogP contribution in [-0.4, -0.2) is 28.0 Å². The summed E-state index contributed by atoms with van der Waals surface area (Å²) in [6.45, 7) is 2.22. The van der Waals surface area contributed by atoms with Crippen LogP contribution in [0.5, 0.6) is 5.75 Å². The van der Waals surface area contributed by atoms with Gasteiger partial charge in [-0.1, -0.05) is 72.3 Å². The lowest BCUT2D eigenvalue weighted by atomic mass is 10.1. The van der Waals surface area contributed by atoms with Crippen LogP contribution in [0, 0.1) is 0 Å². The summed E-state index contributed by atoms with van der Waals surface area (Å²) in [5.41, 5.74) is 2.76. The standard InChI is InChI=1S/C37H31ClN4O4S/c1-25(35(43)42-34-21-14-29(38)23-39-34)47-32-19-15-30(16-20-32)40-37(45)33(41-36(44)28-10-6-3-7-11-28)22-26-12-17-31(18-13-26)46-24-27-8-4-2-5-9-27/h2-23,25H,24H2,1H3,(H,40,45)(H,41,44)(H,39,42,43)/b33-22-. The molecule has 3 N–H and O–H groups in total. The van der Waals surface area contributed by atoms with E-state index in [0.717, 1.165) is 10.5 Å². The molecule has 0 fully saturated rings. The van der Waals surface area contributed by atoms with E-state index < -0.39 is 17.1 Å². The Kier molecular flexibility index (Phi) is 11.4. The minimum atomic E-state index is -0.498. The second-order valence-corrected chi connectivity index (χ2v) is 12.2. The van der Waals surface area contributed by atoms with Crippen LogP contribution in [0.15, 0.2) is 138 Å². The molecule has 1 heterocycles. The highest BCUT2D eigenvalue weighted by atomic mass is 35.5. The molecule has 4 aromatic carbocycles. The van der Waals surface area contributed by atoms with Crippen molar-refractivity contribution in [1.29, 1.82) is 0 Å². The van der Waals surface area contributed by atoms with E-state index in [-0.39, 0.29) is 11.6 Å². The largest absolute Gasteiger partial charge is 0.489 e. The summed E-state index contributed by atoms with van der Waals surface area (Å²) >= 11 is 7.23. The number of hydrogen-bond acceptors (Lipinski definition) is 6. The number of hydrogen-bond donors (Lipinski definition) is 3. The quantitative estimate of drug-likeness (QED) is 0.0928. The van der Waals surface area contributed by atoms with Gasteiger partial charge in [-0.15, -0.1) is 11.8 Å². The Balaban J connectivity index is 1.24. The summed E-state index contributed by atoms with van der Waals surface area (Å²) < 4.78 is 5.88.